The monoisotopic (exact) mass is 363 g/mol. The Balaban J connectivity index is 0.00000242. The summed E-state index contributed by atoms with van der Waals surface area (Å²) in [5.74, 6) is 0.0187. The molecule has 0 radical (unpaired) electrons. The highest BCUT2D eigenvalue weighted by Crippen LogP contribution is 2.12. The van der Waals surface area contributed by atoms with Crippen LogP contribution < -0.4 is 16.2 Å². The van der Waals surface area contributed by atoms with E-state index in [-0.39, 0.29) is 36.3 Å². The lowest BCUT2D eigenvalue weighted by atomic mass is 10.1. The van der Waals surface area contributed by atoms with Crippen LogP contribution in [0.15, 0.2) is 10.9 Å². The van der Waals surface area contributed by atoms with Crippen LogP contribution in [0.1, 0.15) is 29.8 Å². The maximum absolute atomic E-state index is 11.8. The van der Waals surface area contributed by atoms with Gasteiger partial charge in [0.15, 0.2) is 5.65 Å². The van der Waals surface area contributed by atoms with E-state index in [2.05, 4.69) is 20.7 Å². The van der Waals surface area contributed by atoms with Crippen molar-refractivity contribution in [3.05, 3.63) is 33.4 Å². The van der Waals surface area contributed by atoms with E-state index >= 15 is 0 Å². The predicted octanol–water partition coefficient (Wildman–Crippen LogP) is 1.10. The van der Waals surface area contributed by atoms with Gasteiger partial charge in [0.25, 0.3) is 5.56 Å². The molecule has 23 heavy (non-hydrogen) atoms. The average molecular weight is 364 g/mol. The van der Waals surface area contributed by atoms with E-state index in [9.17, 15) is 9.59 Å². The number of hydrogen-bond donors (Lipinski definition) is 3. The van der Waals surface area contributed by atoms with E-state index in [0.717, 1.165) is 29.9 Å². The molecule has 0 spiro atoms. The smallest absolute Gasteiger partial charge is 0.266 e. The molecule has 0 fully saturated rings. The molecule has 0 aliphatic carbocycles. The van der Waals surface area contributed by atoms with Crippen LogP contribution in [0.5, 0.6) is 0 Å². The van der Waals surface area contributed by atoms with Crippen LogP contribution in [0.3, 0.4) is 0 Å². The van der Waals surface area contributed by atoms with Crippen LogP contribution in [0.4, 0.5) is 0 Å². The van der Waals surface area contributed by atoms with Gasteiger partial charge in [-0.25, -0.2) is 9.50 Å². The first kappa shape index (κ1) is 21.4. The molecule has 0 unspecified atom stereocenters. The number of amides is 1. The number of halogens is 2. The van der Waals surface area contributed by atoms with Crippen LogP contribution in [-0.4, -0.2) is 34.1 Å². The molecule has 2 aromatic heterocycles. The number of hydrogen-bond acceptors (Lipinski definition) is 4. The largest absolute Gasteiger partial charge is 0.352 e. The Hall–Kier alpha value is -1.57. The Kier molecular flexibility index (Phi) is 8.89. The van der Waals surface area contributed by atoms with Gasteiger partial charge in [-0.1, -0.05) is 0 Å². The molecule has 0 aliphatic rings. The van der Waals surface area contributed by atoms with Gasteiger partial charge in [0, 0.05) is 36.0 Å². The van der Waals surface area contributed by atoms with E-state index in [4.69, 9.17) is 0 Å². The molecule has 2 rings (SSSR count). The number of carbonyl (C=O) groups excluding carboxylic acids is 1. The Bertz CT molecular complexity index is 711. The first-order valence-electron chi connectivity index (χ1n) is 7.02. The predicted molar refractivity (Wildman–Crippen MR) is 94.8 cm³/mol. The Morgan fingerprint density at radius 1 is 1.35 bits per heavy atom. The maximum atomic E-state index is 11.8. The minimum Gasteiger partial charge on any atom is -0.352 e. The molecule has 1 amide bonds. The lowest BCUT2D eigenvalue weighted by Crippen LogP contribution is -2.25. The lowest BCUT2D eigenvalue weighted by molar-refractivity contribution is -0.121. The van der Waals surface area contributed by atoms with Gasteiger partial charge < -0.3 is 10.6 Å². The number of rotatable bonds is 6. The zero-order chi connectivity index (χ0) is 15.4. The van der Waals surface area contributed by atoms with Crippen LogP contribution in [0.2, 0.25) is 0 Å². The summed E-state index contributed by atoms with van der Waals surface area (Å²) in [6.45, 7) is 5.02. The number of fused-ring (bicyclic) bond motifs is 1. The van der Waals surface area contributed by atoms with Crippen molar-refractivity contribution in [2.75, 3.05) is 13.6 Å². The van der Waals surface area contributed by atoms with Crippen LogP contribution in [-0.2, 0) is 11.3 Å². The standard InChI is InChI=1S/C14H21N5O2.2ClH/c1-9-11(8-16-13(20)5-4-6-15-3)10(2)19-12(17-9)7-14(21)18-19;;/h7,15H,4-6,8H2,1-3H3,(H,16,20)(H,18,21);2*1H. The highest BCUT2D eigenvalue weighted by molar-refractivity contribution is 5.85. The number of nitrogens with one attached hydrogen (secondary N) is 3. The first-order chi connectivity index (χ1) is 10.0. The van der Waals surface area contributed by atoms with Crippen LogP contribution in [0.25, 0.3) is 5.65 Å². The second-order valence-electron chi connectivity index (χ2n) is 5.06. The fourth-order valence-corrected chi connectivity index (χ4v) is 2.31. The summed E-state index contributed by atoms with van der Waals surface area (Å²) in [7, 11) is 1.86. The van der Waals surface area contributed by atoms with Crippen LogP contribution >= 0.6 is 24.8 Å². The van der Waals surface area contributed by atoms with Crippen molar-refractivity contribution in [2.45, 2.75) is 33.2 Å². The fraction of sp³-hybridized carbons (Fsp3) is 0.500. The summed E-state index contributed by atoms with van der Waals surface area (Å²) in [6, 6.07) is 1.46. The van der Waals surface area contributed by atoms with Gasteiger partial charge in [-0.3, -0.25) is 14.7 Å². The second-order valence-corrected chi connectivity index (χ2v) is 5.06. The summed E-state index contributed by atoms with van der Waals surface area (Å²) in [4.78, 5) is 27.5. The second kappa shape index (κ2) is 9.54. The van der Waals surface area contributed by atoms with Gasteiger partial charge >= 0.3 is 0 Å². The number of aromatic amines is 1. The van der Waals surface area contributed by atoms with Crippen molar-refractivity contribution < 1.29 is 4.79 Å². The maximum Gasteiger partial charge on any atom is 0.266 e. The van der Waals surface area contributed by atoms with E-state index in [1.54, 1.807) is 4.52 Å². The average Bonchev–Trinajstić information content (AvgIpc) is 2.79. The van der Waals surface area contributed by atoms with Crippen molar-refractivity contribution in [1.29, 1.82) is 0 Å². The minimum atomic E-state index is -0.182. The molecule has 130 valence electrons. The number of H-pyrrole nitrogens is 1. The van der Waals surface area contributed by atoms with E-state index in [1.807, 2.05) is 20.9 Å². The SMILES string of the molecule is CNCCCC(=O)NCc1c(C)nc2cc(=O)[nH]n2c1C.Cl.Cl. The molecule has 0 bridgehead atoms. The summed E-state index contributed by atoms with van der Waals surface area (Å²) in [5.41, 5.74) is 3.05. The third kappa shape index (κ3) is 5.23. The molecule has 0 saturated carbocycles. The third-order valence-electron chi connectivity index (χ3n) is 3.50. The Morgan fingerprint density at radius 2 is 2.04 bits per heavy atom. The van der Waals surface area contributed by atoms with Crippen molar-refractivity contribution in [2.24, 2.45) is 0 Å². The normalized spacial score (nSPS) is 10.0. The molecular formula is C14H23Cl2N5O2. The number of aryl methyl sites for hydroxylation is 2. The fourth-order valence-electron chi connectivity index (χ4n) is 2.31. The summed E-state index contributed by atoms with van der Waals surface area (Å²) in [6.07, 6.45) is 1.30. The van der Waals surface area contributed by atoms with Crippen molar-refractivity contribution in [3.8, 4) is 0 Å². The molecule has 0 saturated heterocycles. The van der Waals surface area contributed by atoms with Crippen LogP contribution in [0, 0.1) is 13.8 Å². The molecule has 0 atom stereocenters. The number of nitrogens with zero attached hydrogens (tertiary/aromatic N) is 2. The molecule has 0 aromatic carbocycles. The topological polar surface area (TPSA) is 91.3 Å². The molecule has 7 nitrogen and oxygen atoms in total. The van der Waals surface area contributed by atoms with Gasteiger partial charge in [0.2, 0.25) is 5.91 Å². The molecule has 9 heteroatoms. The van der Waals surface area contributed by atoms with Crippen molar-refractivity contribution >= 4 is 36.4 Å². The quantitative estimate of drug-likeness (QED) is 0.670. The number of aromatic nitrogens is 3. The van der Waals surface area contributed by atoms with Gasteiger partial charge in [0.05, 0.1) is 0 Å². The van der Waals surface area contributed by atoms with Gasteiger partial charge in [-0.15, -0.1) is 24.8 Å². The molecular weight excluding hydrogens is 341 g/mol. The van der Waals surface area contributed by atoms with Crippen molar-refractivity contribution in [3.63, 3.8) is 0 Å². The first-order valence-corrected chi connectivity index (χ1v) is 7.02. The van der Waals surface area contributed by atoms with Gasteiger partial charge in [-0.05, 0) is 33.9 Å². The molecule has 0 aliphatic heterocycles. The lowest BCUT2D eigenvalue weighted by Gasteiger charge is -2.12. The molecule has 2 heterocycles. The Morgan fingerprint density at radius 3 is 2.70 bits per heavy atom. The highest BCUT2D eigenvalue weighted by atomic mass is 35.5. The van der Waals surface area contributed by atoms with E-state index < -0.39 is 0 Å². The minimum absolute atomic E-state index is 0. The van der Waals surface area contributed by atoms with E-state index in [1.165, 1.54) is 6.07 Å². The highest BCUT2D eigenvalue weighted by Gasteiger charge is 2.11. The third-order valence-corrected chi connectivity index (χ3v) is 3.50. The molecule has 2 aromatic rings. The molecule has 3 N–H and O–H groups in total. The van der Waals surface area contributed by atoms with E-state index in [0.29, 0.717) is 18.6 Å². The zero-order valence-corrected chi connectivity index (χ0v) is 15.1. The van der Waals surface area contributed by atoms with Gasteiger partial charge in [0.1, 0.15) is 0 Å². The summed E-state index contributed by atoms with van der Waals surface area (Å²) >= 11 is 0. The number of carbonyl (C=O) groups is 1. The van der Waals surface area contributed by atoms with Gasteiger partial charge in [-0.2, -0.15) is 0 Å². The Labute approximate surface area is 147 Å². The zero-order valence-electron chi connectivity index (χ0n) is 13.4. The summed E-state index contributed by atoms with van der Waals surface area (Å²) in [5, 5.41) is 8.61. The van der Waals surface area contributed by atoms with Crippen molar-refractivity contribution in [1.82, 2.24) is 25.2 Å². The summed E-state index contributed by atoms with van der Waals surface area (Å²) < 4.78 is 1.65.